The van der Waals surface area contributed by atoms with E-state index in [4.69, 9.17) is 14.2 Å². The summed E-state index contributed by atoms with van der Waals surface area (Å²) in [4.78, 5) is 25.2. The second-order valence-electron chi connectivity index (χ2n) is 28.5. The van der Waals surface area contributed by atoms with Crippen molar-refractivity contribution in [1.29, 1.82) is 0 Å². The third-order valence-corrected chi connectivity index (χ3v) is 19.4. The molecule has 552 valence electrons. The molecule has 6 N–H and O–H groups in total. The number of amides is 1. The summed E-state index contributed by atoms with van der Waals surface area (Å²) in [5, 5.41) is 54.6. The number of aliphatic hydroxyl groups excluding tert-OH is 5. The van der Waals surface area contributed by atoms with Gasteiger partial charge in [-0.1, -0.05) is 358 Å². The van der Waals surface area contributed by atoms with Crippen LogP contribution < -0.4 is 5.32 Å². The van der Waals surface area contributed by atoms with E-state index in [1.54, 1.807) is 6.08 Å². The predicted octanol–water partition coefficient (Wildman–Crippen LogP) is 22.3. The summed E-state index contributed by atoms with van der Waals surface area (Å²) in [6.45, 7) is 4.35. The molecule has 7 atom stereocenters. The Kier molecular flexibility index (Phi) is 68.5. The highest BCUT2D eigenvalue weighted by Gasteiger charge is 2.44. The van der Waals surface area contributed by atoms with Gasteiger partial charge in [-0.2, -0.15) is 0 Å². The molecule has 1 amide bonds. The molecule has 0 aliphatic carbocycles. The van der Waals surface area contributed by atoms with Crippen LogP contribution in [0.15, 0.2) is 48.6 Å². The summed E-state index contributed by atoms with van der Waals surface area (Å²) < 4.78 is 16.8. The number of esters is 1. The van der Waals surface area contributed by atoms with E-state index in [0.717, 1.165) is 64.2 Å². The van der Waals surface area contributed by atoms with Crippen LogP contribution in [0.3, 0.4) is 0 Å². The van der Waals surface area contributed by atoms with Crippen molar-refractivity contribution in [2.24, 2.45) is 0 Å². The van der Waals surface area contributed by atoms with E-state index in [0.29, 0.717) is 19.4 Å². The summed E-state index contributed by atoms with van der Waals surface area (Å²) in [6, 6.07) is -0.832. The van der Waals surface area contributed by atoms with Gasteiger partial charge in [0.15, 0.2) is 6.29 Å². The number of ether oxygens (including phenoxy) is 3. The Labute approximate surface area is 580 Å². The molecule has 0 saturated carbocycles. The molecule has 11 nitrogen and oxygen atoms in total. The first kappa shape index (κ1) is 89.6. The number of carbonyl (C=O) groups is 2. The van der Waals surface area contributed by atoms with E-state index in [-0.39, 0.29) is 18.5 Å². The van der Waals surface area contributed by atoms with E-state index < -0.39 is 49.5 Å². The molecule has 94 heavy (non-hydrogen) atoms. The summed E-state index contributed by atoms with van der Waals surface area (Å²) in [6.07, 6.45) is 85.8. The minimum Gasteiger partial charge on any atom is -0.466 e. The molecule has 0 radical (unpaired) electrons. The number of hydrogen-bond acceptors (Lipinski definition) is 10. The van der Waals surface area contributed by atoms with Gasteiger partial charge in [-0.25, -0.2) is 0 Å². The topological polar surface area (TPSA) is 175 Å². The largest absolute Gasteiger partial charge is 0.466 e. The fourth-order valence-corrected chi connectivity index (χ4v) is 13.0. The summed E-state index contributed by atoms with van der Waals surface area (Å²) in [5.41, 5.74) is 0. The summed E-state index contributed by atoms with van der Waals surface area (Å²) in [7, 11) is 0. The van der Waals surface area contributed by atoms with Gasteiger partial charge in [0.1, 0.15) is 24.4 Å². The van der Waals surface area contributed by atoms with Crippen LogP contribution in [-0.4, -0.2) is 100 Å². The predicted molar refractivity (Wildman–Crippen MR) is 398 cm³/mol. The quantitative estimate of drug-likeness (QED) is 0.0195. The monoisotopic (exact) mass is 1330 g/mol. The third kappa shape index (κ3) is 59.7. The summed E-state index contributed by atoms with van der Waals surface area (Å²) in [5.74, 6) is -0.172. The van der Waals surface area contributed by atoms with E-state index in [1.807, 2.05) is 6.08 Å². The van der Waals surface area contributed by atoms with Crippen LogP contribution >= 0.6 is 0 Å². The zero-order valence-electron chi connectivity index (χ0n) is 61.7. The van der Waals surface area contributed by atoms with E-state index in [2.05, 4.69) is 55.6 Å². The lowest BCUT2D eigenvalue weighted by Gasteiger charge is -2.40. The fraction of sp³-hybridized carbons (Fsp3) is 0.880. The first-order valence-electron chi connectivity index (χ1n) is 40.9. The van der Waals surface area contributed by atoms with Crippen molar-refractivity contribution in [1.82, 2.24) is 5.32 Å². The van der Waals surface area contributed by atoms with Crippen LogP contribution in [0, 0.1) is 0 Å². The molecule has 0 aromatic heterocycles. The number of allylic oxidation sites excluding steroid dienone is 7. The Bertz CT molecular complexity index is 1700. The molecule has 1 saturated heterocycles. The maximum atomic E-state index is 13.1. The van der Waals surface area contributed by atoms with Crippen LogP contribution in [0.2, 0.25) is 0 Å². The second kappa shape index (κ2) is 71.9. The molecule has 0 bridgehead atoms. The number of hydrogen-bond donors (Lipinski definition) is 6. The Morgan fingerprint density at radius 1 is 0.383 bits per heavy atom. The minimum atomic E-state index is -1.58. The van der Waals surface area contributed by atoms with E-state index in [1.165, 1.54) is 315 Å². The van der Waals surface area contributed by atoms with Crippen LogP contribution in [-0.2, 0) is 23.8 Å². The molecule has 1 aliphatic heterocycles. The van der Waals surface area contributed by atoms with Gasteiger partial charge in [0.2, 0.25) is 5.91 Å². The van der Waals surface area contributed by atoms with Crippen LogP contribution in [0.5, 0.6) is 0 Å². The second-order valence-corrected chi connectivity index (χ2v) is 28.5. The maximum Gasteiger partial charge on any atom is 0.305 e. The normalized spacial score (nSPS) is 17.6. The number of aliphatic hydroxyl groups is 5. The molecule has 1 heterocycles. The van der Waals surface area contributed by atoms with Crippen molar-refractivity contribution in [2.45, 2.75) is 448 Å². The molecule has 0 aromatic carbocycles. The van der Waals surface area contributed by atoms with Gasteiger partial charge in [0, 0.05) is 12.8 Å². The highest BCUT2D eigenvalue weighted by molar-refractivity contribution is 5.76. The molecule has 0 aromatic rings. The van der Waals surface area contributed by atoms with Crippen molar-refractivity contribution in [3.8, 4) is 0 Å². The number of rotatable bonds is 73. The third-order valence-electron chi connectivity index (χ3n) is 19.4. The highest BCUT2D eigenvalue weighted by Crippen LogP contribution is 2.24. The lowest BCUT2D eigenvalue weighted by molar-refractivity contribution is -0.302. The van der Waals surface area contributed by atoms with E-state index in [9.17, 15) is 35.1 Å². The zero-order chi connectivity index (χ0) is 67.9. The van der Waals surface area contributed by atoms with Crippen LogP contribution in [0.4, 0.5) is 0 Å². The average Bonchev–Trinajstić information content (AvgIpc) is 0.876. The molecule has 1 fully saturated rings. The SMILES string of the molecule is CCCCCC/C=C/CC/C=C/CC/C=C/C(O)C(COC1OC(CO)C(O)C(O)C1O)NC(=O)CCCCCCCCCCCCCCCCCCC/C=C\CCCCCCCCCCCCCCCCCCCCOC(=O)CCCCCCCCCCCCCCC. The van der Waals surface area contributed by atoms with Crippen molar-refractivity contribution >= 4 is 11.9 Å². The molecule has 1 rings (SSSR count). The van der Waals surface area contributed by atoms with Gasteiger partial charge in [0.25, 0.3) is 0 Å². The maximum absolute atomic E-state index is 13.1. The van der Waals surface area contributed by atoms with Gasteiger partial charge in [-0.05, 0) is 83.5 Å². The lowest BCUT2D eigenvalue weighted by atomic mass is 9.99. The average molecular weight is 1330 g/mol. The molecular weight excluding hydrogens is 1170 g/mol. The zero-order valence-corrected chi connectivity index (χ0v) is 61.7. The Morgan fingerprint density at radius 3 is 1.06 bits per heavy atom. The van der Waals surface area contributed by atoms with Gasteiger partial charge in [-0.15, -0.1) is 0 Å². The first-order chi connectivity index (χ1) is 46.2. The standard InChI is InChI=1S/C83H155NO10/c1-3-5-7-9-11-13-15-17-46-49-53-57-61-65-69-76(86)75(74-93-83-82(91)81(90)80(89)77(73-85)94-83)84-78(87)70-66-62-58-54-50-47-43-41-39-37-35-33-31-29-27-25-23-21-19-18-20-22-24-26-28-30-32-34-36-38-40-42-44-48-52-56-60-64-68-72-92-79(88)71-67-63-59-55-51-45-16-14-12-10-8-6-4-2/h13,15,18-19,49,53,65,69,75-77,80-83,85-86,89-91H,3-12,14,16-17,20-48,50-52,54-64,66-68,70-74H2,1-2H3,(H,84,87)/b15-13+,19-18-,53-49+,69-65+. The molecule has 11 heteroatoms. The fourth-order valence-electron chi connectivity index (χ4n) is 13.0. The highest BCUT2D eigenvalue weighted by atomic mass is 16.7. The molecule has 1 aliphatic rings. The van der Waals surface area contributed by atoms with Crippen molar-refractivity contribution in [3.05, 3.63) is 48.6 Å². The minimum absolute atomic E-state index is 0.0186. The molecule has 0 spiro atoms. The number of unbranched alkanes of at least 4 members (excludes halogenated alkanes) is 53. The molecule has 7 unspecified atom stereocenters. The Morgan fingerprint density at radius 2 is 0.691 bits per heavy atom. The van der Waals surface area contributed by atoms with Crippen LogP contribution in [0.1, 0.15) is 406 Å². The first-order valence-corrected chi connectivity index (χ1v) is 40.9. The van der Waals surface area contributed by atoms with Crippen molar-refractivity contribution in [3.63, 3.8) is 0 Å². The van der Waals surface area contributed by atoms with Gasteiger partial charge < -0.3 is 45.1 Å². The summed E-state index contributed by atoms with van der Waals surface area (Å²) >= 11 is 0. The number of nitrogens with one attached hydrogen (secondary N) is 1. The molecular formula is C83H155NO10. The Balaban J connectivity index is 1.90. The van der Waals surface area contributed by atoms with Crippen molar-refractivity contribution in [2.75, 3.05) is 19.8 Å². The lowest BCUT2D eigenvalue weighted by Crippen LogP contribution is -2.60. The van der Waals surface area contributed by atoms with Gasteiger partial charge in [0.05, 0.1) is 32.0 Å². The van der Waals surface area contributed by atoms with Crippen LogP contribution in [0.25, 0.3) is 0 Å². The Hall–Kier alpha value is -2.38. The van der Waals surface area contributed by atoms with Gasteiger partial charge in [-0.3, -0.25) is 9.59 Å². The van der Waals surface area contributed by atoms with Crippen molar-refractivity contribution < 1.29 is 49.3 Å². The van der Waals surface area contributed by atoms with E-state index >= 15 is 0 Å². The van der Waals surface area contributed by atoms with Gasteiger partial charge >= 0.3 is 5.97 Å². The smallest absolute Gasteiger partial charge is 0.305 e. The number of carbonyl (C=O) groups excluding carboxylic acids is 2.